The summed E-state index contributed by atoms with van der Waals surface area (Å²) < 4.78 is 0. The summed E-state index contributed by atoms with van der Waals surface area (Å²) in [6.45, 7) is 2.58. The number of aliphatic hydroxyl groups excluding tert-OH is 1. The molecule has 1 heterocycles. The maximum Gasteiger partial charge on any atom is 0.325 e. The van der Waals surface area contributed by atoms with Crippen molar-refractivity contribution in [3.63, 3.8) is 0 Å². The maximum atomic E-state index is 12.4. The number of likely N-dealkylation sites (tertiary alicyclic amines) is 1. The van der Waals surface area contributed by atoms with Crippen LogP contribution in [0.2, 0.25) is 0 Å². The number of carbonyl (C=O) groups excluding carboxylic acids is 3. The summed E-state index contributed by atoms with van der Waals surface area (Å²) in [6, 6.07) is -3.88. The Balaban J connectivity index is 2.69. The average Bonchev–Trinajstić information content (AvgIpc) is 3.02. The van der Waals surface area contributed by atoms with Gasteiger partial charge in [-0.1, -0.05) is 0 Å². The van der Waals surface area contributed by atoms with Crippen LogP contribution >= 0.6 is 0 Å². The van der Waals surface area contributed by atoms with Gasteiger partial charge in [0.25, 0.3) is 0 Å². The highest BCUT2D eigenvalue weighted by atomic mass is 16.4. The molecular formula is C14H24N4O6. The fourth-order valence-corrected chi connectivity index (χ4v) is 2.39. The molecule has 24 heavy (non-hydrogen) atoms. The summed E-state index contributed by atoms with van der Waals surface area (Å²) in [5.41, 5.74) is 5.37. The SMILES string of the molecule is CC(NC(=O)C1CCCN1C(=O)C(C)NC(=O)C(N)CO)C(=O)O. The van der Waals surface area contributed by atoms with Gasteiger partial charge in [-0.2, -0.15) is 0 Å². The van der Waals surface area contributed by atoms with E-state index in [0.29, 0.717) is 19.4 Å². The molecule has 0 radical (unpaired) electrons. The Bertz CT molecular complexity index is 511. The number of hydrogen-bond acceptors (Lipinski definition) is 6. The minimum Gasteiger partial charge on any atom is -0.480 e. The molecule has 4 unspecified atom stereocenters. The number of nitrogens with two attached hydrogens (primary N) is 1. The first kappa shape index (κ1) is 19.8. The van der Waals surface area contributed by atoms with E-state index in [0.717, 1.165) is 0 Å². The summed E-state index contributed by atoms with van der Waals surface area (Å²) in [7, 11) is 0. The van der Waals surface area contributed by atoms with Gasteiger partial charge in [-0.15, -0.1) is 0 Å². The Kier molecular flexibility index (Phi) is 7.11. The standard InChI is InChI=1S/C14H24N4O6/c1-7(16-11(20)9(15)6-19)13(22)18-5-3-4-10(18)12(21)17-8(2)14(23)24/h7-10,19H,3-6,15H2,1-2H3,(H,16,20)(H,17,21)(H,23,24). The van der Waals surface area contributed by atoms with Crippen molar-refractivity contribution in [2.75, 3.05) is 13.2 Å². The van der Waals surface area contributed by atoms with E-state index in [-0.39, 0.29) is 0 Å². The molecule has 0 aromatic carbocycles. The van der Waals surface area contributed by atoms with E-state index in [1.165, 1.54) is 18.7 Å². The van der Waals surface area contributed by atoms with Crippen molar-refractivity contribution in [3.05, 3.63) is 0 Å². The Morgan fingerprint density at radius 2 is 1.83 bits per heavy atom. The van der Waals surface area contributed by atoms with Gasteiger partial charge in [0.1, 0.15) is 24.2 Å². The minimum atomic E-state index is -1.17. The Morgan fingerprint density at radius 1 is 1.21 bits per heavy atom. The number of carbonyl (C=O) groups is 4. The predicted octanol–water partition coefficient (Wildman–Crippen LogP) is -2.61. The van der Waals surface area contributed by atoms with Gasteiger partial charge in [0.2, 0.25) is 17.7 Å². The van der Waals surface area contributed by atoms with Gasteiger partial charge >= 0.3 is 5.97 Å². The molecule has 0 aliphatic carbocycles. The Morgan fingerprint density at radius 3 is 2.38 bits per heavy atom. The number of carboxylic acid groups (broad SMARTS) is 1. The third kappa shape index (κ3) is 4.90. The number of rotatable bonds is 7. The molecule has 1 aliphatic heterocycles. The first-order valence-electron chi connectivity index (χ1n) is 7.69. The second-order valence-electron chi connectivity index (χ2n) is 5.78. The van der Waals surface area contributed by atoms with E-state index in [1.807, 2.05) is 0 Å². The van der Waals surface area contributed by atoms with Crippen LogP contribution in [0, 0.1) is 0 Å². The van der Waals surface area contributed by atoms with E-state index in [2.05, 4.69) is 10.6 Å². The van der Waals surface area contributed by atoms with Crippen molar-refractivity contribution in [2.45, 2.75) is 50.9 Å². The fraction of sp³-hybridized carbons (Fsp3) is 0.714. The molecular weight excluding hydrogens is 320 g/mol. The molecule has 0 aromatic rings. The van der Waals surface area contributed by atoms with Crippen LogP contribution < -0.4 is 16.4 Å². The van der Waals surface area contributed by atoms with E-state index >= 15 is 0 Å². The molecule has 136 valence electrons. The fourth-order valence-electron chi connectivity index (χ4n) is 2.39. The first-order chi connectivity index (χ1) is 11.2. The maximum absolute atomic E-state index is 12.4. The third-order valence-electron chi connectivity index (χ3n) is 3.83. The second-order valence-corrected chi connectivity index (χ2v) is 5.78. The normalized spacial score (nSPS) is 20.8. The van der Waals surface area contributed by atoms with Gasteiger partial charge in [-0.05, 0) is 26.7 Å². The van der Waals surface area contributed by atoms with Crippen LogP contribution in [0.4, 0.5) is 0 Å². The predicted molar refractivity (Wildman–Crippen MR) is 82.6 cm³/mol. The van der Waals surface area contributed by atoms with Crippen LogP contribution in [0.25, 0.3) is 0 Å². The minimum absolute atomic E-state index is 0.338. The van der Waals surface area contributed by atoms with Gasteiger partial charge in [0.05, 0.1) is 6.61 Å². The number of aliphatic carboxylic acids is 1. The van der Waals surface area contributed by atoms with Gasteiger partial charge in [-0.25, -0.2) is 0 Å². The topological polar surface area (TPSA) is 162 Å². The molecule has 4 atom stereocenters. The van der Waals surface area contributed by atoms with Gasteiger partial charge in [0.15, 0.2) is 0 Å². The molecule has 1 rings (SSSR count). The molecule has 10 nitrogen and oxygen atoms in total. The summed E-state index contributed by atoms with van der Waals surface area (Å²) in [6.07, 6.45) is 1.02. The first-order valence-corrected chi connectivity index (χ1v) is 7.69. The average molecular weight is 344 g/mol. The number of carboxylic acids is 1. The molecule has 10 heteroatoms. The van der Waals surface area contributed by atoms with Crippen molar-refractivity contribution >= 4 is 23.7 Å². The molecule has 1 fully saturated rings. The number of hydrogen-bond donors (Lipinski definition) is 5. The quantitative estimate of drug-likeness (QED) is 0.338. The Hall–Kier alpha value is -2.20. The van der Waals surface area contributed by atoms with Crippen LogP contribution in [-0.4, -0.2) is 76.1 Å². The lowest BCUT2D eigenvalue weighted by atomic mass is 10.1. The molecule has 1 aliphatic rings. The van der Waals surface area contributed by atoms with Crippen molar-refractivity contribution < 1.29 is 29.4 Å². The van der Waals surface area contributed by atoms with Gasteiger partial charge < -0.3 is 31.5 Å². The van der Waals surface area contributed by atoms with E-state index < -0.39 is 54.5 Å². The zero-order valence-electron chi connectivity index (χ0n) is 13.7. The summed E-state index contributed by atoms with van der Waals surface area (Å²) in [5, 5.41) is 22.4. The Labute approximate surface area is 139 Å². The zero-order chi connectivity index (χ0) is 18.4. The van der Waals surface area contributed by atoms with Gasteiger partial charge in [-0.3, -0.25) is 19.2 Å². The molecule has 6 N–H and O–H groups in total. The summed E-state index contributed by atoms with van der Waals surface area (Å²) in [4.78, 5) is 48.4. The highest BCUT2D eigenvalue weighted by molar-refractivity contribution is 5.94. The molecule has 0 spiro atoms. The van der Waals surface area contributed by atoms with Crippen LogP contribution in [-0.2, 0) is 19.2 Å². The van der Waals surface area contributed by atoms with E-state index in [4.69, 9.17) is 15.9 Å². The van der Waals surface area contributed by atoms with E-state index in [1.54, 1.807) is 0 Å². The lowest BCUT2D eigenvalue weighted by Crippen LogP contribution is -2.56. The number of amides is 3. The molecule has 0 bridgehead atoms. The monoisotopic (exact) mass is 344 g/mol. The van der Waals surface area contributed by atoms with Crippen LogP contribution in [0.3, 0.4) is 0 Å². The van der Waals surface area contributed by atoms with Crippen molar-refractivity contribution in [1.29, 1.82) is 0 Å². The van der Waals surface area contributed by atoms with E-state index in [9.17, 15) is 19.2 Å². The molecule has 1 saturated heterocycles. The van der Waals surface area contributed by atoms with Crippen LogP contribution in [0.1, 0.15) is 26.7 Å². The van der Waals surface area contributed by atoms with Gasteiger partial charge in [0, 0.05) is 6.54 Å². The molecule has 0 aromatic heterocycles. The molecule has 3 amide bonds. The van der Waals surface area contributed by atoms with Crippen molar-refractivity contribution in [2.24, 2.45) is 5.73 Å². The third-order valence-corrected chi connectivity index (χ3v) is 3.83. The smallest absolute Gasteiger partial charge is 0.325 e. The number of aliphatic hydroxyl groups is 1. The summed E-state index contributed by atoms with van der Waals surface area (Å²) >= 11 is 0. The number of nitrogens with zero attached hydrogens (tertiary/aromatic N) is 1. The highest BCUT2D eigenvalue weighted by Gasteiger charge is 2.37. The van der Waals surface area contributed by atoms with Crippen LogP contribution in [0.5, 0.6) is 0 Å². The number of nitrogens with one attached hydrogen (secondary N) is 2. The highest BCUT2D eigenvalue weighted by Crippen LogP contribution is 2.18. The van der Waals surface area contributed by atoms with Crippen LogP contribution in [0.15, 0.2) is 0 Å². The van der Waals surface area contributed by atoms with Crippen molar-refractivity contribution in [3.8, 4) is 0 Å². The zero-order valence-corrected chi connectivity index (χ0v) is 13.7. The summed E-state index contributed by atoms with van der Waals surface area (Å²) in [5.74, 6) is -2.84. The molecule has 0 saturated carbocycles. The second kappa shape index (κ2) is 8.60. The lowest BCUT2D eigenvalue weighted by molar-refractivity contribution is -0.144. The largest absolute Gasteiger partial charge is 0.480 e. The lowest BCUT2D eigenvalue weighted by Gasteiger charge is -2.28. The van der Waals surface area contributed by atoms with Crippen molar-refractivity contribution in [1.82, 2.24) is 15.5 Å².